The molecule has 0 unspecified atom stereocenters. The molecule has 0 aliphatic carbocycles. The van der Waals surface area contributed by atoms with Gasteiger partial charge in [-0.1, -0.05) is 11.6 Å². The molecule has 0 aliphatic rings. The molecule has 0 heterocycles. The van der Waals surface area contributed by atoms with Crippen LogP contribution in [0.5, 0.6) is 0 Å². The Kier molecular flexibility index (Phi) is 4.46. The van der Waals surface area contributed by atoms with E-state index in [2.05, 4.69) is 24.6 Å². The largest absolute Gasteiger partial charge is 0.375 e. The lowest BCUT2D eigenvalue weighted by Gasteiger charge is -2.18. The fourth-order valence-electron chi connectivity index (χ4n) is 1.13. The lowest BCUT2D eigenvalue weighted by Crippen LogP contribution is -2.18. The van der Waals surface area contributed by atoms with Gasteiger partial charge in [-0.3, -0.25) is 0 Å². The highest BCUT2D eigenvalue weighted by Crippen LogP contribution is 2.16. The molecule has 1 aromatic carbocycles. The fourth-order valence-corrected chi connectivity index (χ4v) is 1.40. The zero-order valence-corrected chi connectivity index (χ0v) is 9.35. The zero-order valence-electron chi connectivity index (χ0n) is 7.70. The minimum Gasteiger partial charge on any atom is -0.375 e. The zero-order chi connectivity index (χ0) is 9.68. The molecule has 0 aliphatic heterocycles. The van der Waals surface area contributed by atoms with Crippen molar-refractivity contribution in [3.8, 4) is 0 Å². The third-order valence-electron chi connectivity index (χ3n) is 1.92. The Morgan fingerprint density at radius 2 is 1.92 bits per heavy atom. The van der Waals surface area contributed by atoms with Crippen LogP contribution in [0, 0.1) is 0 Å². The average Bonchev–Trinajstić information content (AvgIpc) is 2.15. The SMILES string of the molecule is CN(CCCS)c1ccc(Cl)cc1. The van der Waals surface area contributed by atoms with Crippen LogP contribution in [0.15, 0.2) is 24.3 Å². The van der Waals surface area contributed by atoms with Gasteiger partial charge in [0.1, 0.15) is 0 Å². The van der Waals surface area contributed by atoms with Crippen molar-refractivity contribution < 1.29 is 0 Å². The van der Waals surface area contributed by atoms with Gasteiger partial charge in [0.2, 0.25) is 0 Å². The third-order valence-corrected chi connectivity index (χ3v) is 2.49. The summed E-state index contributed by atoms with van der Waals surface area (Å²) in [6.45, 7) is 1.03. The summed E-state index contributed by atoms with van der Waals surface area (Å²) in [5, 5.41) is 0.784. The molecule has 0 spiro atoms. The van der Waals surface area contributed by atoms with Crippen LogP contribution in [-0.2, 0) is 0 Å². The highest BCUT2D eigenvalue weighted by Gasteiger charge is 1.98. The first kappa shape index (κ1) is 10.7. The van der Waals surface area contributed by atoms with Gasteiger partial charge < -0.3 is 4.90 Å². The maximum absolute atomic E-state index is 5.79. The summed E-state index contributed by atoms with van der Waals surface area (Å²) in [7, 11) is 2.08. The number of anilines is 1. The van der Waals surface area contributed by atoms with E-state index in [0.29, 0.717) is 0 Å². The molecule has 13 heavy (non-hydrogen) atoms. The monoisotopic (exact) mass is 215 g/mol. The van der Waals surface area contributed by atoms with Crippen molar-refractivity contribution in [2.75, 3.05) is 24.2 Å². The van der Waals surface area contributed by atoms with Crippen molar-refractivity contribution in [2.45, 2.75) is 6.42 Å². The molecule has 72 valence electrons. The van der Waals surface area contributed by atoms with Gasteiger partial charge >= 0.3 is 0 Å². The molecular formula is C10H14ClNS. The maximum Gasteiger partial charge on any atom is 0.0407 e. The van der Waals surface area contributed by atoms with E-state index in [0.717, 1.165) is 23.7 Å². The number of nitrogens with zero attached hydrogens (tertiary/aromatic N) is 1. The highest BCUT2D eigenvalue weighted by atomic mass is 35.5. The first-order chi connectivity index (χ1) is 6.24. The van der Waals surface area contributed by atoms with Crippen molar-refractivity contribution >= 4 is 29.9 Å². The predicted molar refractivity (Wildman–Crippen MR) is 63.2 cm³/mol. The van der Waals surface area contributed by atoms with Crippen molar-refractivity contribution in [1.29, 1.82) is 0 Å². The molecule has 0 saturated carbocycles. The number of hydrogen-bond acceptors (Lipinski definition) is 2. The van der Waals surface area contributed by atoms with Crippen LogP contribution in [0.25, 0.3) is 0 Å². The van der Waals surface area contributed by atoms with E-state index >= 15 is 0 Å². The Hall–Kier alpha value is -0.340. The van der Waals surface area contributed by atoms with Crippen LogP contribution >= 0.6 is 24.2 Å². The van der Waals surface area contributed by atoms with E-state index in [1.807, 2.05) is 24.3 Å². The van der Waals surface area contributed by atoms with Crippen molar-refractivity contribution in [3.05, 3.63) is 29.3 Å². The van der Waals surface area contributed by atoms with Crippen LogP contribution in [0.2, 0.25) is 5.02 Å². The quantitative estimate of drug-likeness (QED) is 0.756. The van der Waals surface area contributed by atoms with Gasteiger partial charge in [0.25, 0.3) is 0 Å². The molecule has 0 atom stereocenters. The lowest BCUT2D eigenvalue weighted by molar-refractivity contribution is 0.861. The van der Waals surface area contributed by atoms with E-state index in [9.17, 15) is 0 Å². The molecule has 3 heteroatoms. The number of thiol groups is 1. The molecule has 0 N–H and O–H groups in total. The van der Waals surface area contributed by atoms with Gasteiger partial charge in [-0.2, -0.15) is 12.6 Å². The molecular weight excluding hydrogens is 202 g/mol. The predicted octanol–water partition coefficient (Wildman–Crippen LogP) is 3.10. The first-order valence-corrected chi connectivity index (χ1v) is 5.32. The van der Waals surface area contributed by atoms with Crippen molar-refractivity contribution in [2.24, 2.45) is 0 Å². The maximum atomic E-state index is 5.79. The van der Waals surface area contributed by atoms with Crippen LogP contribution < -0.4 is 4.90 Å². The summed E-state index contributed by atoms with van der Waals surface area (Å²) in [5.74, 6) is 0.929. The fraction of sp³-hybridized carbons (Fsp3) is 0.400. The first-order valence-electron chi connectivity index (χ1n) is 4.31. The molecule has 0 radical (unpaired) electrons. The van der Waals surface area contributed by atoms with Gasteiger partial charge in [-0.15, -0.1) is 0 Å². The van der Waals surface area contributed by atoms with E-state index < -0.39 is 0 Å². The van der Waals surface area contributed by atoms with Crippen LogP contribution in [0.1, 0.15) is 6.42 Å². The van der Waals surface area contributed by atoms with Crippen molar-refractivity contribution in [3.63, 3.8) is 0 Å². The summed E-state index contributed by atoms with van der Waals surface area (Å²) in [5.41, 5.74) is 1.20. The molecule has 1 rings (SSSR count). The Morgan fingerprint density at radius 1 is 1.31 bits per heavy atom. The summed E-state index contributed by atoms with van der Waals surface area (Å²) in [6.07, 6.45) is 1.10. The molecule has 0 aromatic heterocycles. The third kappa shape index (κ3) is 3.49. The van der Waals surface area contributed by atoms with Gasteiger partial charge in [0, 0.05) is 24.3 Å². The summed E-state index contributed by atoms with van der Waals surface area (Å²) in [6, 6.07) is 7.88. The van der Waals surface area contributed by atoms with Crippen LogP contribution in [0.4, 0.5) is 5.69 Å². The standard InChI is InChI=1S/C10H14ClNS/c1-12(7-2-8-13)10-5-3-9(11)4-6-10/h3-6,13H,2,7-8H2,1H3. The normalized spacial score (nSPS) is 10.1. The Bertz CT molecular complexity index is 248. The Labute approximate surface area is 90.1 Å². The lowest BCUT2D eigenvalue weighted by atomic mass is 10.3. The molecule has 0 amide bonds. The minimum atomic E-state index is 0.784. The summed E-state index contributed by atoms with van der Waals surface area (Å²) in [4.78, 5) is 2.20. The minimum absolute atomic E-state index is 0.784. The number of hydrogen-bond donors (Lipinski definition) is 1. The van der Waals surface area contributed by atoms with Gasteiger partial charge in [-0.05, 0) is 36.4 Å². The van der Waals surface area contributed by atoms with Crippen LogP contribution in [0.3, 0.4) is 0 Å². The Morgan fingerprint density at radius 3 is 2.46 bits per heavy atom. The molecule has 1 nitrogen and oxygen atoms in total. The van der Waals surface area contributed by atoms with E-state index in [1.165, 1.54) is 5.69 Å². The van der Waals surface area contributed by atoms with Gasteiger partial charge in [0.15, 0.2) is 0 Å². The number of rotatable bonds is 4. The number of halogens is 1. The second kappa shape index (κ2) is 5.40. The molecule has 0 bridgehead atoms. The highest BCUT2D eigenvalue weighted by molar-refractivity contribution is 7.80. The topological polar surface area (TPSA) is 3.24 Å². The molecule has 0 saturated heterocycles. The smallest absolute Gasteiger partial charge is 0.0407 e. The second-order valence-electron chi connectivity index (χ2n) is 2.98. The summed E-state index contributed by atoms with van der Waals surface area (Å²) >= 11 is 9.97. The van der Waals surface area contributed by atoms with E-state index in [1.54, 1.807) is 0 Å². The van der Waals surface area contributed by atoms with Gasteiger partial charge in [0.05, 0.1) is 0 Å². The van der Waals surface area contributed by atoms with Crippen molar-refractivity contribution in [1.82, 2.24) is 0 Å². The van der Waals surface area contributed by atoms with E-state index in [4.69, 9.17) is 11.6 Å². The Balaban J connectivity index is 2.55. The molecule has 1 aromatic rings. The molecule has 0 fully saturated rings. The van der Waals surface area contributed by atoms with E-state index in [-0.39, 0.29) is 0 Å². The average molecular weight is 216 g/mol. The number of benzene rings is 1. The second-order valence-corrected chi connectivity index (χ2v) is 3.86. The van der Waals surface area contributed by atoms with Gasteiger partial charge in [-0.25, -0.2) is 0 Å². The van der Waals surface area contributed by atoms with Crippen LogP contribution in [-0.4, -0.2) is 19.3 Å². The summed E-state index contributed by atoms with van der Waals surface area (Å²) < 4.78 is 0.